The average Bonchev–Trinajstić information content (AvgIpc) is 3.28. The monoisotopic (exact) mass is 418 g/mol. The molecule has 0 amide bonds. The molecule has 6 heteroatoms. The quantitative estimate of drug-likeness (QED) is 0.615. The maximum Gasteiger partial charge on any atom is 0.331 e. The fourth-order valence-electron chi connectivity index (χ4n) is 7.13. The molecule has 3 aromatic rings. The van der Waals surface area contributed by atoms with E-state index in [1.54, 1.807) is 17.1 Å². The van der Waals surface area contributed by atoms with Gasteiger partial charge in [-0.1, -0.05) is 12.1 Å². The number of benzene rings is 1. The highest BCUT2D eigenvalue weighted by Gasteiger charge is 2.48. The number of aromatic nitrogens is 4. The van der Waals surface area contributed by atoms with Crippen LogP contribution in [0.2, 0.25) is 0 Å². The molecular formula is C25H30N4O2. The van der Waals surface area contributed by atoms with Crippen LogP contribution in [0, 0.1) is 29.6 Å². The summed E-state index contributed by atoms with van der Waals surface area (Å²) in [6.07, 6.45) is 13.0. The topological polar surface area (TPSA) is 61.8 Å². The van der Waals surface area contributed by atoms with Crippen LogP contribution < -0.4 is 11.2 Å². The standard InChI is InChI=1S/C25H30N4O2/c30-24-21-4-1-2-5-23(21)28(8-3-7-27-9-6-26-16-27)25(31)29(24)15-22-19-11-17-10-18(13-19)14-20(22)12-17/h1-2,4-6,9,16-20,22H,3,7-8,10-15H2. The first-order valence-electron chi connectivity index (χ1n) is 11.9. The van der Waals surface area contributed by atoms with Crippen molar-refractivity contribution in [3.05, 3.63) is 63.8 Å². The van der Waals surface area contributed by atoms with Crippen molar-refractivity contribution < 1.29 is 0 Å². The van der Waals surface area contributed by atoms with Crippen LogP contribution in [0.1, 0.15) is 38.5 Å². The number of para-hydroxylation sites is 1. The number of fused-ring (bicyclic) bond motifs is 1. The van der Waals surface area contributed by atoms with Gasteiger partial charge in [0.2, 0.25) is 0 Å². The molecule has 162 valence electrons. The van der Waals surface area contributed by atoms with Crippen LogP contribution in [0.5, 0.6) is 0 Å². The maximum atomic E-state index is 13.6. The second-order valence-electron chi connectivity index (χ2n) is 10.1. The molecule has 7 rings (SSSR count). The Morgan fingerprint density at radius 2 is 1.65 bits per heavy atom. The molecule has 2 aromatic heterocycles. The number of hydrogen-bond donors (Lipinski definition) is 0. The van der Waals surface area contributed by atoms with Crippen LogP contribution >= 0.6 is 0 Å². The van der Waals surface area contributed by atoms with Crippen LogP contribution in [0.15, 0.2) is 52.6 Å². The van der Waals surface area contributed by atoms with Gasteiger partial charge >= 0.3 is 5.69 Å². The van der Waals surface area contributed by atoms with Crippen molar-refractivity contribution in [2.75, 3.05) is 0 Å². The van der Waals surface area contributed by atoms with Crippen molar-refractivity contribution in [3.63, 3.8) is 0 Å². The van der Waals surface area contributed by atoms with Gasteiger partial charge in [0.15, 0.2) is 0 Å². The van der Waals surface area contributed by atoms with E-state index in [-0.39, 0.29) is 11.2 Å². The van der Waals surface area contributed by atoms with Crippen molar-refractivity contribution in [1.82, 2.24) is 18.7 Å². The minimum absolute atomic E-state index is 0.111. The molecule has 31 heavy (non-hydrogen) atoms. The van der Waals surface area contributed by atoms with Crippen LogP contribution in [-0.4, -0.2) is 18.7 Å². The Morgan fingerprint density at radius 3 is 2.35 bits per heavy atom. The predicted molar refractivity (Wildman–Crippen MR) is 120 cm³/mol. The summed E-state index contributed by atoms with van der Waals surface area (Å²) in [4.78, 5) is 31.0. The normalized spacial score (nSPS) is 29.1. The molecule has 0 N–H and O–H groups in total. The summed E-state index contributed by atoms with van der Waals surface area (Å²) in [5, 5.41) is 0.661. The number of rotatable bonds is 6. The molecule has 1 aromatic carbocycles. The van der Waals surface area contributed by atoms with E-state index in [2.05, 4.69) is 4.98 Å². The van der Waals surface area contributed by atoms with Gasteiger partial charge in [-0.3, -0.25) is 13.9 Å². The second-order valence-corrected chi connectivity index (χ2v) is 10.1. The van der Waals surface area contributed by atoms with E-state index in [4.69, 9.17) is 0 Å². The third-order valence-corrected chi connectivity index (χ3v) is 8.30. The minimum Gasteiger partial charge on any atom is -0.337 e. The van der Waals surface area contributed by atoms with Crippen LogP contribution in [0.3, 0.4) is 0 Å². The van der Waals surface area contributed by atoms with Gasteiger partial charge in [-0.25, -0.2) is 9.78 Å². The van der Waals surface area contributed by atoms with Crippen LogP contribution in [-0.2, 0) is 19.6 Å². The molecule has 4 saturated carbocycles. The molecule has 2 heterocycles. The Morgan fingerprint density at radius 1 is 0.903 bits per heavy atom. The third kappa shape index (κ3) is 3.27. The third-order valence-electron chi connectivity index (χ3n) is 8.30. The molecule has 0 spiro atoms. The van der Waals surface area contributed by atoms with E-state index in [9.17, 15) is 9.59 Å². The van der Waals surface area contributed by atoms with Crippen molar-refractivity contribution in [2.24, 2.45) is 29.6 Å². The molecule has 0 unspecified atom stereocenters. The van der Waals surface area contributed by atoms with Gasteiger partial charge in [-0.15, -0.1) is 0 Å². The van der Waals surface area contributed by atoms with Gasteiger partial charge in [0.1, 0.15) is 0 Å². The van der Waals surface area contributed by atoms with Crippen molar-refractivity contribution in [2.45, 2.75) is 58.2 Å². The number of imidazole rings is 1. The van der Waals surface area contributed by atoms with Gasteiger partial charge in [0.05, 0.1) is 17.2 Å². The Kier molecular flexibility index (Phi) is 4.62. The summed E-state index contributed by atoms with van der Waals surface area (Å²) in [6.45, 7) is 1.99. The van der Waals surface area contributed by atoms with Crippen LogP contribution in [0.4, 0.5) is 0 Å². The SMILES string of the molecule is O=c1c2ccccc2n(CCCn2ccnc2)c(=O)n1CC1C2CC3CC(C2)CC1C3. The maximum absolute atomic E-state index is 13.6. The smallest absolute Gasteiger partial charge is 0.331 e. The van der Waals surface area contributed by atoms with Gasteiger partial charge < -0.3 is 4.57 Å². The van der Waals surface area contributed by atoms with E-state index in [1.807, 2.05) is 39.6 Å². The summed E-state index contributed by atoms with van der Waals surface area (Å²) in [7, 11) is 0. The van der Waals surface area contributed by atoms with Gasteiger partial charge in [-0.05, 0) is 80.2 Å². The highest BCUT2D eigenvalue weighted by Crippen LogP contribution is 2.56. The van der Waals surface area contributed by atoms with E-state index >= 15 is 0 Å². The fraction of sp³-hybridized carbons (Fsp3) is 0.560. The lowest BCUT2D eigenvalue weighted by molar-refractivity contribution is -0.0438. The van der Waals surface area contributed by atoms with E-state index in [0.29, 0.717) is 36.2 Å². The first-order chi connectivity index (χ1) is 15.2. The number of aryl methyl sites for hydroxylation is 2. The molecule has 4 aliphatic carbocycles. The predicted octanol–water partition coefficient (Wildman–Crippen LogP) is 3.52. The van der Waals surface area contributed by atoms with Gasteiger partial charge in [0, 0.05) is 32.0 Å². The zero-order valence-corrected chi connectivity index (χ0v) is 17.9. The second kappa shape index (κ2) is 7.50. The Bertz CT molecular complexity index is 1180. The largest absolute Gasteiger partial charge is 0.337 e. The molecule has 0 radical (unpaired) electrons. The summed E-state index contributed by atoms with van der Waals surface area (Å²) >= 11 is 0. The number of nitrogens with zero attached hydrogens (tertiary/aromatic N) is 4. The van der Waals surface area contributed by atoms with Crippen molar-refractivity contribution in [1.29, 1.82) is 0 Å². The molecule has 0 saturated heterocycles. The summed E-state index contributed by atoms with van der Waals surface area (Å²) in [6, 6.07) is 7.59. The minimum atomic E-state index is -0.136. The highest BCUT2D eigenvalue weighted by molar-refractivity contribution is 5.77. The number of hydrogen-bond acceptors (Lipinski definition) is 3. The van der Waals surface area contributed by atoms with E-state index in [1.165, 1.54) is 32.1 Å². The zero-order valence-electron chi connectivity index (χ0n) is 17.9. The summed E-state index contributed by atoms with van der Waals surface area (Å²) in [5.41, 5.74) is 0.507. The molecule has 6 nitrogen and oxygen atoms in total. The summed E-state index contributed by atoms with van der Waals surface area (Å²) in [5.74, 6) is 3.67. The first-order valence-corrected chi connectivity index (χ1v) is 11.9. The van der Waals surface area contributed by atoms with Crippen molar-refractivity contribution >= 4 is 10.9 Å². The van der Waals surface area contributed by atoms with Crippen molar-refractivity contribution in [3.8, 4) is 0 Å². The first kappa shape index (κ1) is 19.1. The lowest BCUT2D eigenvalue weighted by Crippen LogP contribution is -2.50. The lowest BCUT2D eigenvalue weighted by atomic mass is 9.52. The average molecular weight is 419 g/mol. The Balaban J connectivity index is 1.34. The van der Waals surface area contributed by atoms with Gasteiger partial charge in [0.25, 0.3) is 5.56 Å². The van der Waals surface area contributed by atoms with E-state index < -0.39 is 0 Å². The van der Waals surface area contributed by atoms with Gasteiger partial charge in [-0.2, -0.15) is 0 Å². The molecule has 0 atom stereocenters. The highest BCUT2D eigenvalue weighted by atomic mass is 16.2. The molecule has 4 aliphatic rings. The zero-order chi connectivity index (χ0) is 20.9. The Hall–Kier alpha value is -2.63. The fourth-order valence-corrected chi connectivity index (χ4v) is 7.13. The Labute approximate surface area is 181 Å². The molecule has 4 fully saturated rings. The lowest BCUT2D eigenvalue weighted by Gasteiger charge is -2.54. The van der Waals surface area contributed by atoms with Crippen LogP contribution in [0.25, 0.3) is 10.9 Å². The van der Waals surface area contributed by atoms with E-state index in [0.717, 1.165) is 30.3 Å². The molecular weight excluding hydrogens is 388 g/mol. The molecule has 4 bridgehead atoms. The summed E-state index contributed by atoms with van der Waals surface area (Å²) < 4.78 is 5.42. The molecule has 0 aliphatic heterocycles.